The van der Waals surface area contributed by atoms with Gasteiger partial charge in [-0.2, -0.15) is 5.26 Å². The summed E-state index contributed by atoms with van der Waals surface area (Å²) in [5.74, 6) is -0.946. The van der Waals surface area contributed by atoms with Crippen molar-refractivity contribution in [2.24, 2.45) is 0 Å². The van der Waals surface area contributed by atoms with Gasteiger partial charge in [-0.3, -0.25) is 0 Å². The molecule has 56 valence electrons. The Balaban J connectivity index is 3.12. The van der Waals surface area contributed by atoms with Crippen LogP contribution in [0.2, 0.25) is 0 Å². The fourth-order valence-corrected chi connectivity index (χ4v) is 0.861. The van der Waals surface area contributed by atoms with E-state index >= 15 is 0 Å². The van der Waals surface area contributed by atoms with Crippen LogP contribution in [-0.2, 0) is 0 Å². The predicted octanol–water partition coefficient (Wildman–Crippen LogP) is 2.14. The van der Waals surface area contributed by atoms with E-state index < -0.39 is 5.83 Å². The van der Waals surface area contributed by atoms with E-state index in [0.29, 0.717) is 5.57 Å². The molecule has 0 fully saturated rings. The molecule has 0 atom stereocenters. The van der Waals surface area contributed by atoms with Crippen molar-refractivity contribution >= 4 is 0 Å². The summed E-state index contributed by atoms with van der Waals surface area (Å²) in [6, 6.07) is 1.57. The fraction of sp³-hybridized carbons (Fsp3) is 0.125. The van der Waals surface area contributed by atoms with Crippen LogP contribution in [0.15, 0.2) is 35.4 Å². The fourth-order valence-electron chi connectivity index (χ4n) is 0.861. The van der Waals surface area contributed by atoms with E-state index in [4.69, 9.17) is 10.4 Å². The molecule has 11 heavy (non-hydrogen) atoms. The summed E-state index contributed by atoms with van der Waals surface area (Å²) in [5, 5.41) is 17.3. The van der Waals surface area contributed by atoms with Crippen LogP contribution in [0.25, 0.3) is 0 Å². The van der Waals surface area contributed by atoms with Gasteiger partial charge in [0.15, 0.2) is 0 Å². The molecule has 1 aliphatic rings. The molecular weight excluding hydrogens is 145 g/mol. The first-order valence-corrected chi connectivity index (χ1v) is 3.02. The van der Waals surface area contributed by atoms with E-state index in [-0.39, 0.29) is 17.8 Å². The molecule has 0 unspecified atom stereocenters. The number of aliphatic hydroxyl groups excluding tert-OH is 1. The number of aliphatic hydroxyl groups is 1. The van der Waals surface area contributed by atoms with E-state index in [1.165, 1.54) is 6.08 Å². The summed E-state index contributed by atoms with van der Waals surface area (Å²) in [6.45, 7) is 3.46. The lowest BCUT2D eigenvalue weighted by Crippen LogP contribution is -1.97. The van der Waals surface area contributed by atoms with Crippen LogP contribution in [0.5, 0.6) is 0 Å². The summed E-state index contributed by atoms with van der Waals surface area (Å²) in [4.78, 5) is 0. The molecule has 0 bridgehead atoms. The van der Waals surface area contributed by atoms with Crippen LogP contribution in [0.1, 0.15) is 6.42 Å². The molecule has 0 spiro atoms. The maximum Gasteiger partial charge on any atom is 0.136 e. The van der Waals surface area contributed by atoms with Crippen LogP contribution in [0.3, 0.4) is 0 Å². The highest BCUT2D eigenvalue weighted by molar-refractivity contribution is 5.47. The third kappa shape index (κ3) is 1.30. The van der Waals surface area contributed by atoms with Crippen molar-refractivity contribution in [1.82, 2.24) is 0 Å². The van der Waals surface area contributed by atoms with Gasteiger partial charge in [0.25, 0.3) is 0 Å². The van der Waals surface area contributed by atoms with Gasteiger partial charge in [-0.1, -0.05) is 6.58 Å². The van der Waals surface area contributed by atoms with Gasteiger partial charge in [-0.05, 0) is 11.6 Å². The van der Waals surface area contributed by atoms with Gasteiger partial charge in [0.05, 0.1) is 0 Å². The maximum absolute atomic E-state index is 12.7. The lowest BCUT2D eigenvalue weighted by molar-refractivity contribution is 0.416. The molecule has 1 rings (SSSR count). The Morgan fingerprint density at radius 3 is 2.82 bits per heavy atom. The van der Waals surface area contributed by atoms with Crippen LogP contribution in [0, 0.1) is 11.3 Å². The largest absolute Gasteiger partial charge is 0.506 e. The maximum atomic E-state index is 12.7. The summed E-state index contributed by atoms with van der Waals surface area (Å²) in [7, 11) is 0. The van der Waals surface area contributed by atoms with Gasteiger partial charge in [-0.15, -0.1) is 0 Å². The van der Waals surface area contributed by atoms with Gasteiger partial charge in [0.2, 0.25) is 0 Å². The molecule has 0 radical (unpaired) electrons. The number of nitrogens with zero attached hydrogens (tertiary/aromatic N) is 1. The highest BCUT2D eigenvalue weighted by Gasteiger charge is 2.16. The van der Waals surface area contributed by atoms with E-state index in [1.54, 1.807) is 6.07 Å². The van der Waals surface area contributed by atoms with E-state index in [2.05, 4.69) is 6.58 Å². The lowest BCUT2D eigenvalue weighted by atomic mass is 10.0. The summed E-state index contributed by atoms with van der Waals surface area (Å²) in [6.07, 6.45) is 1.31. The van der Waals surface area contributed by atoms with Gasteiger partial charge < -0.3 is 5.11 Å². The first-order chi connectivity index (χ1) is 5.15. The molecule has 0 saturated heterocycles. The second kappa shape index (κ2) is 2.59. The average Bonchev–Trinajstić information content (AvgIpc) is 1.85. The Hall–Kier alpha value is -1.56. The third-order valence-corrected chi connectivity index (χ3v) is 1.36. The zero-order valence-electron chi connectivity index (χ0n) is 5.76. The smallest absolute Gasteiger partial charge is 0.136 e. The van der Waals surface area contributed by atoms with E-state index in [9.17, 15) is 4.39 Å². The number of allylic oxidation sites excluding steroid dienone is 4. The van der Waals surface area contributed by atoms with Crippen LogP contribution >= 0.6 is 0 Å². The predicted molar refractivity (Wildman–Crippen MR) is 38.2 cm³/mol. The molecule has 0 aromatic carbocycles. The molecule has 0 aromatic heterocycles. The van der Waals surface area contributed by atoms with Crippen molar-refractivity contribution in [2.75, 3.05) is 0 Å². The summed E-state index contributed by atoms with van der Waals surface area (Å²) in [5.41, 5.74) is 0.191. The molecular formula is C8H6FNO. The second-order valence-electron chi connectivity index (χ2n) is 2.26. The Kier molecular flexibility index (Phi) is 1.77. The van der Waals surface area contributed by atoms with Crippen LogP contribution < -0.4 is 0 Å². The van der Waals surface area contributed by atoms with Crippen LogP contribution in [0.4, 0.5) is 4.39 Å². The minimum absolute atomic E-state index is 0.0208. The summed E-state index contributed by atoms with van der Waals surface area (Å²) >= 11 is 0. The van der Waals surface area contributed by atoms with Crippen LogP contribution in [-0.4, -0.2) is 5.11 Å². The van der Waals surface area contributed by atoms with Crippen molar-refractivity contribution in [2.45, 2.75) is 6.42 Å². The average molecular weight is 151 g/mol. The minimum atomic E-state index is -0.613. The second-order valence-corrected chi connectivity index (χ2v) is 2.26. The Morgan fingerprint density at radius 1 is 1.73 bits per heavy atom. The topological polar surface area (TPSA) is 44.0 Å². The van der Waals surface area contributed by atoms with Gasteiger partial charge in [-0.25, -0.2) is 4.39 Å². The number of hydrogen-bond acceptors (Lipinski definition) is 2. The molecule has 3 heteroatoms. The normalized spacial score (nSPS) is 17.8. The van der Waals surface area contributed by atoms with Gasteiger partial charge in [0.1, 0.15) is 23.2 Å². The Morgan fingerprint density at radius 2 is 2.36 bits per heavy atom. The highest BCUT2D eigenvalue weighted by Crippen LogP contribution is 2.26. The first-order valence-electron chi connectivity index (χ1n) is 3.02. The number of rotatable bonds is 0. The highest BCUT2D eigenvalue weighted by atomic mass is 19.1. The lowest BCUT2D eigenvalue weighted by Gasteiger charge is -2.08. The molecule has 1 N–H and O–H groups in total. The zero-order valence-corrected chi connectivity index (χ0v) is 5.76. The van der Waals surface area contributed by atoms with Gasteiger partial charge in [0, 0.05) is 6.42 Å². The Labute approximate surface area is 63.6 Å². The molecule has 0 heterocycles. The standard InChI is InChI=1S/C8H6FNO/c1-5-2-7(9)6(4-10)8(11)3-5/h3,11H,1-2H2. The monoisotopic (exact) mass is 151 g/mol. The first kappa shape index (κ1) is 7.55. The molecule has 2 nitrogen and oxygen atoms in total. The van der Waals surface area contributed by atoms with Crippen molar-refractivity contribution in [3.8, 4) is 6.07 Å². The molecule has 0 aliphatic heterocycles. The third-order valence-electron chi connectivity index (χ3n) is 1.36. The van der Waals surface area contributed by atoms with E-state index in [1.807, 2.05) is 0 Å². The molecule has 0 aromatic rings. The van der Waals surface area contributed by atoms with E-state index in [0.717, 1.165) is 0 Å². The zero-order chi connectivity index (χ0) is 8.43. The molecule has 0 saturated carbocycles. The molecule has 1 aliphatic carbocycles. The molecule has 0 amide bonds. The number of hydrogen-bond donors (Lipinski definition) is 1. The van der Waals surface area contributed by atoms with Crippen molar-refractivity contribution in [3.63, 3.8) is 0 Å². The quantitative estimate of drug-likeness (QED) is 0.576. The van der Waals surface area contributed by atoms with Crippen molar-refractivity contribution in [3.05, 3.63) is 35.4 Å². The SMILES string of the molecule is C=C1C=C(O)C(C#N)=C(F)C1. The minimum Gasteiger partial charge on any atom is -0.506 e. The Bertz CT molecular complexity index is 307. The number of nitriles is 1. The number of halogens is 1. The van der Waals surface area contributed by atoms with Crippen molar-refractivity contribution < 1.29 is 9.50 Å². The van der Waals surface area contributed by atoms with Gasteiger partial charge >= 0.3 is 0 Å². The summed E-state index contributed by atoms with van der Waals surface area (Å²) < 4.78 is 12.7. The van der Waals surface area contributed by atoms with Crippen molar-refractivity contribution in [1.29, 1.82) is 5.26 Å².